The summed E-state index contributed by atoms with van der Waals surface area (Å²) in [6.45, 7) is 4.28. The number of carbonyl (C=O) groups excluding carboxylic acids is 1. The Morgan fingerprint density at radius 1 is 1.53 bits per heavy atom. The fourth-order valence-corrected chi connectivity index (χ4v) is 2.05. The van der Waals surface area contributed by atoms with Gasteiger partial charge in [-0.25, -0.2) is 9.97 Å². The topological polar surface area (TPSA) is 67.4 Å². The highest BCUT2D eigenvalue weighted by Crippen LogP contribution is 2.14. The standard InChI is InChI=1S/C13H20N4O2/c1-3-5-14-12-8-15-11(7-16-12)13(18)17-6-4-10(9-17)19-2/h7-8,10H,3-6,9H2,1-2H3,(H,14,16). The summed E-state index contributed by atoms with van der Waals surface area (Å²) >= 11 is 0. The molecule has 1 aromatic heterocycles. The molecule has 6 nitrogen and oxygen atoms in total. The van der Waals surface area contributed by atoms with Crippen LogP contribution >= 0.6 is 0 Å². The van der Waals surface area contributed by atoms with Gasteiger partial charge in [0.15, 0.2) is 0 Å². The van der Waals surface area contributed by atoms with Gasteiger partial charge in [-0.15, -0.1) is 0 Å². The predicted molar refractivity (Wildman–Crippen MR) is 72.1 cm³/mol. The van der Waals surface area contributed by atoms with E-state index in [1.165, 1.54) is 6.20 Å². The van der Waals surface area contributed by atoms with Gasteiger partial charge in [-0.3, -0.25) is 4.79 Å². The zero-order valence-electron chi connectivity index (χ0n) is 11.4. The van der Waals surface area contributed by atoms with Crippen LogP contribution in [0.3, 0.4) is 0 Å². The van der Waals surface area contributed by atoms with Gasteiger partial charge in [0.05, 0.1) is 18.5 Å². The lowest BCUT2D eigenvalue weighted by molar-refractivity contribution is 0.0718. The molecule has 1 N–H and O–H groups in total. The summed E-state index contributed by atoms with van der Waals surface area (Å²) in [5.41, 5.74) is 0.388. The Bertz CT molecular complexity index is 421. The molecule has 0 radical (unpaired) electrons. The average molecular weight is 264 g/mol. The van der Waals surface area contributed by atoms with Crippen LogP contribution < -0.4 is 5.32 Å². The first kappa shape index (κ1) is 13.7. The minimum absolute atomic E-state index is 0.0749. The molecular weight excluding hydrogens is 244 g/mol. The van der Waals surface area contributed by atoms with Crippen molar-refractivity contribution in [3.05, 3.63) is 18.1 Å². The highest BCUT2D eigenvalue weighted by Gasteiger charge is 2.27. The number of nitrogens with one attached hydrogen (secondary N) is 1. The lowest BCUT2D eigenvalue weighted by atomic mass is 10.3. The number of likely N-dealkylation sites (tertiary alicyclic amines) is 1. The van der Waals surface area contributed by atoms with E-state index in [9.17, 15) is 4.79 Å². The third-order valence-corrected chi connectivity index (χ3v) is 3.19. The molecule has 1 unspecified atom stereocenters. The summed E-state index contributed by atoms with van der Waals surface area (Å²) in [5.74, 6) is 0.628. The molecule has 0 aliphatic carbocycles. The highest BCUT2D eigenvalue weighted by atomic mass is 16.5. The van der Waals surface area contributed by atoms with Gasteiger partial charge in [0, 0.05) is 26.7 Å². The van der Waals surface area contributed by atoms with Gasteiger partial charge >= 0.3 is 0 Å². The number of aromatic nitrogens is 2. The maximum atomic E-state index is 12.2. The molecule has 2 rings (SSSR count). The second-order valence-corrected chi connectivity index (χ2v) is 4.61. The van der Waals surface area contributed by atoms with Crippen molar-refractivity contribution in [2.24, 2.45) is 0 Å². The van der Waals surface area contributed by atoms with Crippen molar-refractivity contribution in [2.45, 2.75) is 25.9 Å². The minimum atomic E-state index is -0.0749. The van der Waals surface area contributed by atoms with Gasteiger partial charge in [0.25, 0.3) is 5.91 Å². The molecule has 19 heavy (non-hydrogen) atoms. The van der Waals surface area contributed by atoms with Crippen LogP contribution in [0.5, 0.6) is 0 Å². The van der Waals surface area contributed by atoms with Crippen LogP contribution in [-0.2, 0) is 4.74 Å². The molecule has 1 fully saturated rings. The van der Waals surface area contributed by atoms with Crippen molar-refractivity contribution < 1.29 is 9.53 Å². The maximum Gasteiger partial charge on any atom is 0.274 e. The lowest BCUT2D eigenvalue weighted by Crippen LogP contribution is -2.30. The molecule has 0 bridgehead atoms. The van der Waals surface area contributed by atoms with Crippen molar-refractivity contribution in [1.82, 2.24) is 14.9 Å². The third-order valence-electron chi connectivity index (χ3n) is 3.19. The fourth-order valence-electron chi connectivity index (χ4n) is 2.05. The SMILES string of the molecule is CCCNc1cnc(C(=O)N2CCC(OC)C2)cn1. The molecule has 1 aromatic rings. The number of ether oxygens (including phenoxy) is 1. The third kappa shape index (κ3) is 3.41. The van der Waals surface area contributed by atoms with Crippen LogP contribution in [0.1, 0.15) is 30.3 Å². The number of rotatable bonds is 5. The van der Waals surface area contributed by atoms with Gasteiger partial charge in [-0.1, -0.05) is 6.92 Å². The normalized spacial score (nSPS) is 18.6. The molecular formula is C13H20N4O2. The minimum Gasteiger partial charge on any atom is -0.380 e. The number of anilines is 1. The van der Waals surface area contributed by atoms with Gasteiger partial charge in [-0.2, -0.15) is 0 Å². The Balaban J connectivity index is 1.96. The zero-order chi connectivity index (χ0) is 13.7. The second-order valence-electron chi connectivity index (χ2n) is 4.61. The molecule has 0 spiro atoms. The molecule has 104 valence electrons. The molecule has 2 heterocycles. The van der Waals surface area contributed by atoms with Crippen molar-refractivity contribution in [3.8, 4) is 0 Å². The van der Waals surface area contributed by atoms with Crippen LogP contribution in [-0.4, -0.2) is 53.6 Å². The predicted octanol–water partition coefficient (Wildman–Crippen LogP) is 1.16. The fraction of sp³-hybridized carbons (Fsp3) is 0.615. The van der Waals surface area contributed by atoms with E-state index in [0.29, 0.717) is 18.1 Å². The smallest absolute Gasteiger partial charge is 0.274 e. The Morgan fingerprint density at radius 2 is 2.37 bits per heavy atom. The van der Waals surface area contributed by atoms with Gasteiger partial charge in [-0.05, 0) is 12.8 Å². The first-order valence-electron chi connectivity index (χ1n) is 6.62. The van der Waals surface area contributed by atoms with E-state index in [1.807, 2.05) is 0 Å². The number of nitrogens with zero attached hydrogens (tertiary/aromatic N) is 3. The molecule has 6 heteroatoms. The lowest BCUT2D eigenvalue weighted by Gasteiger charge is -2.15. The van der Waals surface area contributed by atoms with Crippen molar-refractivity contribution in [3.63, 3.8) is 0 Å². The average Bonchev–Trinajstić information content (AvgIpc) is 2.94. The van der Waals surface area contributed by atoms with Crippen molar-refractivity contribution >= 4 is 11.7 Å². The van der Waals surface area contributed by atoms with Crippen molar-refractivity contribution in [1.29, 1.82) is 0 Å². The number of hydrogen-bond acceptors (Lipinski definition) is 5. The summed E-state index contributed by atoms with van der Waals surface area (Å²) in [6, 6.07) is 0. The summed E-state index contributed by atoms with van der Waals surface area (Å²) < 4.78 is 5.25. The Morgan fingerprint density at radius 3 is 2.95 bits per heavy atom. The van der Waals surface area contributed by atoms with Crippen LogP contribution in [0, 0.1) is 0 Å². The molecule has 1 amide bonds. The summed E-state index contributed by atoms with van der Waals surface area (Å²) in [7, 11) is 1.67. The van der Waals surface area contributed by atoms with E-state index >= 15 is 0 Å². The number of methoxy groups -OCH3 is 1. The van der Waals surface area contributed by atoms with Crippen molar-refractivity contribution in [2.75, 3.05) is 32.1 Å². The van der Waals surface area contributed by atoms with E-state index in [1.54, 1.807) is 18.2 Å². The molecule has 1 aliphatic rings. The van der Waals surface area contributed by atoms with Crippen LogP contribution in [0.25, 0.3) is 0 Å². The van der Waals surface area contributed by atoms with Gasteiger partial charge < -0.3 is 15.0 Å². The zero-order valence-corrected chi connectivity index (χ0v) is 11.4. The Labute approximate surface area is 113 Å². The quantitative estimate of drug-likeness (QED) is 0.864. The van der Waals surface area contributed by atoms with E-state index in [-0.39, 0.29) is 12.0 Å². The Kier molecular flexibility index (Phi) is 4.68. The molecule has 1 aliphatic heterocycles. The maximum absolute atomic E-state index is 12.2. The largest absolute Gasteiger partial charge is 0.380 e. The molecule has 1 atom stereocenters. The highest BCUT2D eigenvalue weighted by molar-refractivity contribution is 5.92. The first-order valence-corrected chi connectivity index (χ1v) is 6.62. The molecule has 1 saturated heterocycles. The van der Waals surface area contributed by atoms with Crippen LogP contribution in [0.2, 0.25) is 0 Å². The number of hydrogen-bond donors (Lipinski definition) is 1. The Hall–Kier alpha value is -1.69. The van der Waals surface area contributed by atoms with E-state index in [4.69, 9.17) is 4.74 Å². The summed E-state index contributed by atoms with van der Waals surface area (Å²) in [5, 5.41) is 3.13. The van der Waals surface area contributed by atoms with E-state index in [0.717, 1.165) is 25.9 Å². The second kappa shape index (κ2) is 6.47. The number of carbonyl (C=O) groups is 1. The molecule has 0 aromatic carbocycles. The molecule has 0 saturated carbocycles. The summed E-state index contributed by atoms with van der Waals surface area (Å²) in [6.07, 6.45) is 5.18. The number of amides is 1. The van der Waals surface area contributed by atoms with Gasteiger partial charge in [0.2, 0.25) is 0 Å². The van der Waals surface area contributed by atoms with Crippen LogP contribution in [0.15, 0.2) is 12.4 Å². The van der Waals surface area contributed by atoms with Gasteiger partial charge in [0.1, 0.15) is 11.5 Å². The summed E-state index contributed by atoms with van der Waals surface area (Å²) in [4.78, 5) is 22.3. The van der Waals surface area contributed by atoms with E-state index in [2.05, 4.69) is 22.2 Å². The first-order chi connectivity index (χ1) is 9.24. The van der Waals surface area contributed by atoms with Crippen LogP contribution in [0.4, 0.5) is 5.82 Å². The monoisotopic (exact) mass is 264 g/mol. The van der Waals surface area contributed by atoms with E-state index < -0.39 is 0 Å².